The minimum atomic E-state index is 0.637. The Morgan fingerprint density at radius 3 is 1.40 bits per heavy atom. The van der Waals surface area contributed by atoms with E-state index in [4.69, 9.17) is 15.0 Å². The summed E-state index contributed by atoms with van der Waals surface area (Å²) in [4.78, 5) is 15.4. The molecule has 0 N–H and O–H groups in total. The maximum absolute atomic E-state index is 5.21. The summed E-state index contributed by atoms with van der Waals surface area (Å²) in [7, 11) is 0. The molecule has 0 bridgehead atoms. The number of hydrogen-bond donors (Lipinski definition) is 0. The highest BCUT2D eigenvalue weighted by molar-refractivity contribution is 6.25. The fourth-order valence-corrected chi connectivity index (χ4v) is 8.30. The summed E-state index contributed by atoms with van der Waals surface area (Å²) in [5, 5.41) is 9.80. The second-order valence-electron chi connectivity index (χ2n) is 14.0. The monoisotopic (exact) mass is 700 g/mol. The van der Waals surface area contributed by atoms with Crippen molar-refractivity contribution in [2.24, 2.45) is 0 Å². The molecular formula is C51H32N4. The Morgan fingerprint density at radius 2 is 0.745 bits per heavy atom. The topological polar surface area (TPSA) is 43.6 Å². The van der Waals surface area contributed by atoms with E-state index < -0.39 is 0 Å². The smallest absolute Gasteiger partial charge is 0.164 e. The van der Waals surface area contributed by atoms with E-state index in [0.29, 0.717) is 17.5 Å². The minimum Gasteiger partial charge on any atom is -0.309 e. The second kappa shape index (κ2) is 12.6. The first kappa shape index (κ1) is 31.1. The highest BCUT2D eigenvalue weighted by Gasteiger charge is 2.20. The van der Waals surface area contributed by atoms with Gasteiger partial charge in [-0.1, -0.05) is 170 Å². The van der Waals surface area contributed by atoms with E-state index in [2.05, 4.69) is 174 Å². The van der Waals surface area contributed by atoms with Crippen LogP contribution in [0.1, 0.15) is 0 Å². The molecule has 0 aliphatic carbocycles. The Bertz CT molecular complexity index is 3200. The second-order valence-corrected chi connectivity index (χ2v) is 14.0. The molecule has 0 aliphatic rings. The molecule has 2 aromatic heterocycles. The van der Waals surface area contributed by atoms with Crippen molar-refractivity contribution < 1.29 is 0 Å². The van der Waals surface area contributed by atoms with Crippen LogP contribution in [0.4, 0.5) is 0 Å². The Morgan fingerprint density at radius 1 is 0.291 bits per heavy atom. The third kappa shape index (κ3) is 5.11. The number of fused-ring (bicyclic) bond motifs is 9. The van der Waals surface area contributed by atoms with Crippen molar-refractivity contribution in [3.63, 3.8) is 0 Å². The predicted octanol–water partition coefficient (Wildman–Crippen LogP) is 13.1. The molecule has 0 amide bonds. The molecule has 0 spiro atoms. The number of aromatic nitrogens is 4. The quantitative estimate of drug-likeness (QED) is 0.168. The lowest BCUT2D eigenvalue weighted by molar-refractivity contribution is 1.08. The van der Waals surface area contributed by atoms with E-state index in [1.165, 1.54) is 37.9 Å². The van der Waals surface area contributed by atoms with Gasteiger partial charge in [-0.15, -0.1) is 0 Å². The molecule has 11 rings (SSSR count). The van der Waals surface area contributed by atoms with E-state index in [1.54, 1.807) is 0 Å². The normalized spacial score (nSPS) is 11.6. The van der Waals surface area contributed by atoms with Crippen molar-refractivity contribution in [1.29, 1.82) is 0 Å². The van der Waals surface area contributed by atoms with Crippen LogP contribution in [-0.2, 0) is 0 Å². The zero-order valence-electron chi connectivity index (χ0n) is 29.8. The van der Waals surface area contributed by atoms with Crippen molar-refractivity contribution in [3.05, 3.63) is 194 Å². The number of nitrogens with zero attached hydrogens (tertiary/aromatic N) is 4. The van der Waals surface area contributed by atoms with Gasteiger partial charge in [0.05, 0.1) is 11.0 Å². The average Bonchev–Trinajstić information content (AvgIpc) is 3.61. The lowest BCUT2D eigenvalue weighted by Gasteiger charge is -2.14. The summed E-state index contributed by atoms with van der Waals surface area (Å²) in [6, 6.07) is 68.6. The highest BCUT2D eigenvalue weighted by Crippen LogP contribution is 2.41. The summed E-state index contributed by atoms with van der Waals surface area (Å²) in [5.74, 6) is 1.92. The van der Waals surface area contributed by atoms with E-state index in [0.717, 1.165) is 49.7 Å². The predicted molar refractivity (Wildman–Crippen MR) is 228 cm³/mol. The Kier molecular flexibility index (Phi) is 7.14. The van der Waals surface area contributed by atoms with Gasteiger partial charge in [0, 0.05) is 33.2 Å². The summed E-state index contributed by atoms with van der Waals surface area (Å²) in [6.07, 6.45) is 0. The van der Waals surface area contributed by atoms with Gasteiger partial charge in [0.2, 0.25) is 0 Å². The number of hydrogen-bond acceptors (Lipinski definition) is 3. The molecule has 0 saturated carbocycles. The fourth-order valence-electron chi connectivity index (χ4n) is 8.30. The van der Waals surface area contributed by atoms with Crippen LogP contribution < -0.4 is 0 Å². The average molecular weight is 701 g/mol. The van der Waals surface area contributed by atoms with E-state index in [1.807, 2.05) is 24.3 Å². The Balaban J connectivity index is 1.13. The van der Waals surface area contributed by atoms with E-state index >= 15 is 0 Å². The maximum atomic E-state index is 5.21. The zero-order valence-corrected chi connectivity index (χ0v) is 29.8. The van der Waals surface area contributed by atoms with Gasteiger partial charge in [-0.05, 0) is 67.7 Å². The van der Waals surface area contributed by atoms with Crippen LogP contribution >= 0.6 is 0 Å². The molecule has 0 atom stereocenters. The molecule has 2 heterocycles. The molecular weight excluding hydrogens is 669 g/mol. The van der Waals surface area contributed by atoms with Crippen LogP contribution in [0, 0.1) is 0 Å². The van der Waals surface area contributed by atoms with Crippen LogP contribution in [0.25, 0.3) is 105 Å². The molecule has 9 aromatic carbocycles. The summed E-state index contributed by atoms with van der Waals surface area (Å²) < 4.78 is 2.39. The third-order valence-electron chi connectivity index (χ3n) is 10.8. The lowest BCUT2D eigenvalue weighted by atomic mass is 9.94. The number of para-hydroxylation sites is 1. The first-order valence-corrected chi connectivity index (χ1v) is 18.6. The van der Waals surface area contributed by atoms with Gasteiger partial charge >= 0.3 is 0 Å². The molecule has 0 radical (unpaired) electrons. The van der Waals surface area contributed by atoms with E-state index in [-0.39, 0.29) is 0 Å². The first-order chi connectivity index (χ1) is 27.3. The summed E-state index contributed by atoms with van der Waals surface area (Å²) in [5.41, 5.74) is 8.50. The Labute approximate surface area is 317 Å². The van der Waals surface area contributed by atoms with Crippen LogP contribution in [0.15, 0.2) is 194 Å². The zero-order chi connectivity index (χ0) is 36.3. The SMILES string of the molecule is c1ccc(-c2ccc(-c3nc(-c4ccccc4)nc(-c4cccc5c4c4ccccc4n5-c4ccc5c6ccccc6c6ccccc6c5c4)n3)cc2)cc1. The molecule has 0 unspecified atom stereocenters. The molecule has 11 aromatic rings. The van der Waals surface area contributed by atoms with Crippen molar-refractivity contribution >= 4 is 54.1 Å². The third-order valence-corrected chi connectivity index (χ3v) is 10.8. The molecule has 55 heavy (non-hydrogen) atoms. The van der Waals surface area contributed by atoms with Crippen molar-refractivity contribution in [3.8, 4) is 51.0 Å². The number of benzene rings is 9. The minimum absolute atomic E-state index is 0.637. The maximum Gasteiger partial charge on any atom is 0.164 e. The Hall–Kier alpha value is -7.43. The lowest BCUT2D eigenvalue weighted by Crippen LogP contribution is -2.00. The van der Waals surface area contributed by atoms with Gasteiger partial charge in [-0.2, -0.15) is 0 Å². The van der Waals surface area contributed by atoms with Gasteiger partial charge in [0.25, 0.3) is 0 Å². The summed E-state index contributed by atoms with van der Waals surface area (Å²) >= 11 is 0. The van der Waals surface area contributed by atoms with E-state index in [9.17, 15) is 0 Å². The largest absolute Gasteiger partial charge is 0.309 e. The van der Waals surface area contributed by atoms with Gasteiger partial charge in [0.1, 0.15) is 0 Å². The van der Waals surface area contributed by atoms with Crippen molar-refractivity contribution in [2.45, 2.75) is 0 Å². The standard InChI is InChI=1S/C51H32N4/c1-3-14-33(15-4-1)34-26-28-36(29-27-34)50-52-49(35-16-5-2-6-17-35)53-51(54-50)44-23-13-25-47-48(44)43-22-11-12-24-46(43)55(47)37-30-31-42-40-20-8-7-18-38(40)39-19-9-10-21-41(39)45(42)32-37/h1-32H. The molecule has 0 aliphatic heterocycles. The number of rotatable bonds is 5. The van der Waals surface area contributed by atoms with Gasteiger partial charge < -0.3 is 4.57 Å². The van der Waals surface area contributed by atoms with Crippen LogP contribution in [0.3, 0.4) is 0 Å². The first-order valence-electron chi connectivity index (χ1n) is 18.6. The van der Waals surface area contributed by atoms with Crippen LogP contribution in [-0.4, -0.2) is 19.5 Å². The molecule has 0 saturated heterocycles. The van der Waals surface area contributed by atoms with Gasteiger partial charge in [0.15, 0.2) is 17.5 Å². The highest BCUT2D eigenvalue weighted by atomic mass is 15.0. The molecule has 256 valence electrons. The van der Waals surface area contributed by atoms with Crippen molar-refractivity contribution in [2.75, 3.05) is 0 Å². The van der Waals surface area contributed by atoms with Crippen molar-refractivity contribution in [1.82, 2.24) is 19.5 Å². The molecule has 0 fully saturated rings. The molecule has 4 heteroatoms. The van der Waals surface area contributed by atoms with Crippen LogP contribution in [0.5, 0.6) is 0 Å². The molecule has 4 nitrogen and oxygen atoms in total. The summed E-state index contributed by atoms with van der Waals surface area (Å²) in [6.45, 7) is 0. The van der Waals surface area contributed by atoms with Gasteiger partial charge in [-0.25, -0.2) is 15.0 Å². The van der Waals surface area contributed by atoms with Crippen LogP contribution in [0.2, 0.25) is 0 Å². The van der Waals surface area contributed by atoms with Gasteiger partial charge in [-0.3, -0.25) is 0 Å². The fraction of sp³-hybridized carbons (Fsp3) is 0.